The Balaban J connectivity index is 1.84. The number of benzene rings is 1. The van der Waals surface area contributed by atoms with Gasteiger partial charge < -0.3 is 4.90 Å². The second-order valence-electron chi connectivity index (χ2n) is 5.99. The van der Waals surface area contributed by atoms with Gasteiger partial charge in [-0.1, -0.05) is 30.3 Å². The molecule has 114 valence electrons. The number of hydrogen-bond acceptors (Lipinski definition) is 3. The number of rotatable bonds is 2. The van der Waals surface area contributed by atoms with Crippen LogP contribution < -0.4 is 0 Å². The first-order valence-corrected chi connectivity index (χ1v) is 8.03. The van der Waals surface area contributed by atoms with Crippen LogP contribution in [0.15, 0.2) is 48.0 Å². The third kappa shape index (κ3) is 2.08. The summed E-state index contributed by atoms with van der Waals surface area (Å²) < 4.78 is 1.69. The lowest BCUT2D eigenvalue weighted by Gasteiger charge is -2.29. The summed E-state index contributed by atoms with van der Waals surface area (Å²) in [7, 11) is 0. The first-order valence-electron chi connectivity index (χ1n) is 8.03. The summed E-state index contributed by atoms with van der Waals surface area (Å²) in [5, 5.41) is 9.52. The van der Waals surface area contributed by atoms with Crippen molar-refractivity contribution in [3.8, 4) is 17.3 Å². The van der Waals surface area contributed by atoms with E-state index in [4.69, 9.17) is 0 Å². The van der Waals surface area contributed by atoms with Crippen LogP contribution in [-0.2, 0) is 0 Å². The van der Waals surface area contributed by atoms with E-state index in [9.17, 15) is 10.1 Å². The third-order valence-electron chi connectivity index (χ3n) is 4.63. The van der Waals surface area contributed by atoms with Crippen molar-refractivity contribution < 1.29 is 4.79 Å². The number of allylic oxidation sites excluding steroid dienone is 1. The van der Waals surface area contributed by atoms with Crippen LogP contribution in [0.3, 0.4) is 0 Å². The topological polar surface area (TPSA) is 49.0 Å². The molecule has 2 aromatic rings. The van der Waals surface area contributed by atoms with Crippen LogP contribution in [0, 0.1) is 11.3 Å². The Morgan fingerprint density at radius 1 is 0.913 bits per heavy atom. The fraction of sp³-hybridized carbons (Fsp3) is 0.263. The zero-order valence-corrected chi connectivity index (χ0v) is 12.8. The molecule has 0 radical (unpaired) electrons. The van der Waals surface area contributed by atoms with Crippen molar-refractivity contribution in [2.75, 3.05) is 13.1 Å². The molecule has 4 rings (SSSR count). The van der Waals surface area contributed by atoms with Gasteiger partial charge in [0.15, 0.2) is 0 Å². The van der Waals surface area contributed by atoms with Crippen LogP contribution in [0.4, 0.5) is 0 Å². The highest BCUT2D eigenvalue weighted by Crippen LogP contribution is 2.37. The predicted octanol–water partition coefficient (Wildman–Crippen LogP) is 3.53. The van der Waals surface area contributed by atoms with Crippen molar-refractivity contribution in [3.05, 3.63) is 53.7 Å². The van der Waals surface area contributed by atoms with Gasteiger partial charge in [-0.2, -0.15) is 5.26 Å². The van der Waals surface area contributed by atoms with Crippen molar-refractivity contribution in [2.24, 2.45) is 0 Å². The standard InChI is InChI=1S/C19H17N3O/c20-13-15-18(21-11-5-2-6-12-21)17-10-9-16(22(17)19(15)23)14-7-3-1-4-8-14/h1,3-4,7-10H,2,5-6,11-12H2. The number of fused-ring (bicyclic) bond motifs is 1. The van der Waals surface area contributed by atoms with E-state index in [1.807, 2.05) is 42.5 Å². The van der Waals surface area contributed by atoms with Gasteiger partial charge in [-0.15, -0.1) is 0 Å². The largest absolute Gasteiger partial charge is 0.369 e. The number of nitrogens with zero attached hydrogens (tertiary/aromatic N) is 3. The predicted molar refractivity (Wildman–Crippen MR) is 88.5 cm³/mol. The highest BCUT2D eigenvalue weighted by molar-refractivity contribution is 6.13. The van der Waals surface area contributed by atoms with Gasteiger partial charge in [0.1, 0.15) is 11.6 Å². The maximum Gasteiger partial charge on any atom is 0.275 e. The van der Waals surface area contributed by atoms with Gasteiger partial charge in [0.25, 0.3) is 5.91 Å². The van der Waals surface area contributed by atoms with Crippen molar-refractivity contribution in [3.63, 3.8) is 0 Å². The number of likely N-dealkylation sites (tertiary alicyclic amines) is 1. The molecule has 4 nitrogen and oxygen atoms in total. The zero-order chi connectivity index (χ0) is 15.8. The van der Waals surface area contributed by atoms with E-state index >= 15 is 0 Å². The first kappa shape index (κ1) is 13.8. The van der Waals surface area contributed by atoms with Crippen LogP contribution in [-0.4, -0.2) is 28.5 Å². The highest BCUT2D eigenvalue weighted by Gasteiger charge is 2.35. The minimum absolute atomic E-state index is 0.202. The SMILES string of the molecule is N#CC1=C(N2CCCCC2)c2ccc(-c3ccccc3)n2C1=O. The fourth-order valence-corrected chi connectivity index (χ4v) is 3.55. The molecule has 0 atom stereocenters. The quantitative estimate of drug-likeness (QED) is 0.852. The molecule has 0 unspecified atom stereocenters. The summed E-state index contributed by atoms with van der Waals surface area (Å²) >= 11 is 0. The molecule has 4 heteroatoms. The molecule has 2 aliphatic rings. The van der Waals surface area contributed by atoms with Crippen molar-refractivity contribution in [1.82, 2.24) is 9.47 Å². The van der Waals surface area contributed by atoms with Crippen LogP contribution in [0.25, 0.3) is 17.0 Å². The van der Waals surface area contributed by atoms with Gasteiger partial charge in [0.05, 0.1) is 17.1 Å². The third-order valence-corrected chi connectivity index (χ3v) is 4.63. The van der Waals surface area contributed by atoms with Crippen LogP contribution in [0.2, 0.25) is 0 Å². The van der Waals surface area contributed by atoms with E-state index < -0.39 is 0 Å². The summed E-state index contributed by atoms with van der Waals surface area (Å²) in [5.41, 5.74) is 3.79. The number of piperidine rings is 1. The Morgan fingerprint density at radius 3 is 2.30 bits per heavy atom. The molecule has 0 amide bonds. The summed E-state index contributed by atoms with van der Waals surface area (Å²) in [5.74, 6) is -0.202. The molecule has 0 N–H and O–H groups in total. The van der Waals surface area contributed by atoms with Gasteiger partial charge in [-0.3, -0.25) is 9.36 Å². The number of aromatic nitrogens is 1. The maximum absolute atomic E-state index is 12.8. The van der Waals surface area contributed by atoms with Gasteiger partial charge in [0.2, 0.25) is 0 Å². The number of carbonyl (C=O) groups is 1. The summed E-state index contributed by atoms with van der Waals surface area (Å²) in [6, 6.07) is 15.9. The average molecular weight is 303 g/mol. The molecule has 0 spiro atoms. The van der Waals surface area contributed by atoms with E-state index in [2.05, 4.69) is 11.0 Å². The Hall–Kier alpha value is -2.80. The van der Waals surface area contributed by atoms with Crippen LogP contribution in [0.5, 0.6) is 0 Å². The number of nitriles is 1. The molecular formula is C19H17N3O. The minimum atomic E-state index is -0.202. The molecule has 1 aromatic carbocycles. The Labute approximate surface area is 135 Å². The molecule has 1 saturated heterocycles. The molecule has 1 fully saturated rings. The molecule has 2 aliphatic heterocycles. The van der Waals surface area contributed by atoms with E-state index in [0.717, 1.165) is 48.6 Å². The molecule has 23 heavy (non-hydrogen) atoms. The summed E-state index contributed by atoms with van der Waals surface area (Å²) in [6.07, 6.45) is 3.45. The summed E-state index contributed by atoms with van der Waals surface area (Å²) in [4.78, 5) is 15.0. The smallest absolute Gasteiger partial charge is 0.275 e. The second-order valence-corrected chi connectivity index (χ2v) is 5.99. The monoisotopic (exact) mass is 303 g/mol. The lowest BCUT2D eigenvalue weighted by atomic mass is 10.1. The maximum atomic E-state index is 12.8. The van der Waals surface area contributed by atoms with E-state index in [1.165, 1.54) is 6.42 Å². The van der Waals surface area contributed by atoms with Crippen molar-refractivity contribution in [2.45, 2.75) is 19.3 Å². The van der Waals surface area contributed by atoms with Gasteiger partial charge in [-0.25, -0.2) is 0 Å². The molecule has 0 saturated carbocycles. The fourth-order valence-electron chi connectivity index (χ4n) is 3.55. The van der Waals surface area contributed by atoms with Gasteiger partial charge in [0, 0.05) is 13.1 Å². The Morgan fingerprint density at radius 2 is 1.61 bits per heavy atom. The first-order chi connectivity index (χ1) is 11.3. The van der Waals surface area contributed by atoms with E-state index in [1.54, 1.807) is 4.57 Å². The lowest BCUT2D eigenvalue weighted by molar-refractivity contribution is 0.0968. The molecule has 1 aromatic heterocycles. The van der Waals surface area contributed by atoms with Crippen molar-refractivity contribution in [1.29, 1.82) is 5.26 Å². The molecule has 3 heterocycles. The molecular weight excluding hydrogens is 286 g/mol. The Bertz CT molecular complexity index is 833. The second kappa shape index (κ2) is 5.44. The average Bonchev–Trinajstić information content (AvgIpc) is 3.15. The van der Waals surface area contributed by atoms with Crippen LogP contribution in [0.1, 0.15) is 29.8 Å². The van der Waals surface area contributed by atoms with Crippen LogP contribution >= 0.6 is 0 Å². The normalized spacial score (nSPS) is 17.3. The van der Waals surface area contributed by atoms with E-state index in [0.29, 0.717) is 0 Å². The lowest BCUT2D eigenvalue weighted by Crippen LogP contribution is -2.28. The number of hydrogen-bond donors (Lipinski definition) is 0. The van der Waals surface area contributed by atoms with Gasteiger partial charge >= 0.3 is 0 Å². The van der Waals surface area contributed by atoms with Gasteiger partial charge in [-0.05, 0) is 37.0 Å². The highest BCUT2D eigenvalue weighted by atomic mass is 16.2. The molecule has 0 bridgehead atoms. The zero-order valence-electron chi connectivity index (χ0n) is 12.8. The molecule has 0 aliphatic carbocycles. The van der Waals surface area contributed by atoms with Crippen molar-refractivity contribution >= 4 is 11.6 Å². The van der Waals surface area contributed by atoms with E-state index in [-0.39, 0.29) is 11.5 Å². The number of carbonyl (C=O) groups excluding carboxylic acids is 1. The summed E-state index contributed by atoms with van der Waals surface area (Å²) in [6.45, 7) is 1.83. The Kier molecular flexibility index (Phi) is 3.27. The minimum Gasteiger partial charge on any atom is -0.369 e.